The molecule has 0 aliphatic carbocycles. The van der Waals surface area contributed by atoms with E-state index in [0.29, 0.717) is 13.1 Å². The monoisotopic (exact) mass is 446 g/mol. The van der Waals surface area contributed by atoms with Crippen LogP contribution in [0.5, 0.6) is 5.75 Å². The smallest absolute Gasteiger partial charge is 0.264 e. The van der Waals surface area contributed by atoms with Gasteiger partial charge in [-0.25, -0.2) is 4.68 Å². The lowest BCUT2D eigenvalue weighted by molar-refractivity contribution is 0.0751. The Bertz CT molecular complexity index is 1270. The van der Waals surface area contributed by atoms with Crippen molar-refractivity contribution in [3.63, 3.8) is 0 Å². The highest BCUT2D eigenvalue weighted by Crippen LogP contribution is 2.32. The van der Waals surface area contributed by atoms with E-state index in [1.807, 2.05) is 46.8 Å². The van der Waals surface area contributed by atoms with Crippen molar-refractivity contribution in [1.29, 1.82) is 0 Å². The average Bonchev–Trinajstić information content (AvgIpc) is 3.40. The normalized spacial score (nSPS) is 14.2. The van der Waals surface area contributed by atoms with Gasteiger partial charge >= 0.3 is 0 Å². The van der Waals surface area contributed by atoms with E-state index >= 15 is 0 Å². The molecule has 0 bridgehead atoms. The van der Waals surface area contributed by atoms with E-state index in [9.17, 15) is 4.79 Å². The highest BCUT2D eigenvalue weighted by Gasteiger charge is 2.25. The standard InChI is InChI=1S/C25H26N4O2S/c1-17-6-4-5-7-22(17)29-25-21(18(2)26-29)16-23(32-25)24(30)28-14-12-27(13-15-28)19-8-10-20(31-3)11-9-19/h4-11,16H,12-15H2,1-3H3. The summed E-state index contributed by atoms with van der Waals surface area (Å²) in [4.78, 5) is 19.4. The number of aromatic nitrogens is 2. The zero-order chi connectivity index (χ0) is 22.2. The molecule has 0 spiro atoms. The molecule has 164 valence electrons. The fourth-order valence-corrected chi connectivity index (χ4v) is 5.38. The summed E-state index contributed by atoms with van der Waals surface area (Å²) in [5.41, 5.74) is 4.32. The van der Waals surface area contributed by atoms with Crippen LogP contribution in [-0.2, 0) is 0 Å². The van der Waals surface area contributed by atoms with Gasteiger partial charge in [0.15, 0.2) is 0 Å². The topological polar surface area (TPSA) is 50.6 Å². The fraction of sp³-hybridized carbons (Fsp3) is 0.280. The van der Waals surface area contributed by atoms with Gasteiger partial charge in [-0.1, -0.05) is 18.2 Å². The van der Waals surface area contributed by atoms with Gasteiger partial charge in [0.2, 0.25) is 0 Å². The Morgan fingerprint density at radius 3 is 2.41 bits per heavy atom. The molecule has 0 unspecified atom stereocenters. The second kappa shape index (κ2) is 8.31. The fourth-order valence-electron chi connectivity index (χ4n) is 4.23. The van der Waals surface area contributed by atoms with Crippen LogP contribution in [0.25, 0.3) is 15.9 Å². The van der Waals surface area contributed by atoms with Gasteiger partial charge in [0.1, 0.15) is 10.6 Å². The van der Waals surface area contributed by atoms with E-state index in [-0.39, 0.29) is 5.91 Å². The lowest BCUT2D eigenvalue weighted by atomic mass is 10.2. The number of para-hydroxylation sites is 1. The largest absolute Gasteiger partial charge is 0.497 e. The number of anilines is 1. The summed E-state index contributed by atoms with van der Waals surface area (Å²) in [5, 5.41) is 5.79. The number of ether oxygens (including phenoxy) is 1. The second-order valence-electron chi connectivity index (χ2n) is 8.09. The molecule has 5 rings (SSSR count). The minimum absolute atomic E-state index is 0.108. The number of hydrogen-bond donors (Lipinski definition) is 0. The first-order valence-electron chi connectivity index (χ1n) is 10.8. The van der Waals surface area contributed by atoms with Crippen molar-refractivity contribution in [2.24, 2.45) is 0 Å². The summed E-state index contributed by atoms with van der Waals surface area (Å²) in [6, 6.07) is 18.3. The van der Waals surface area contributed by atoms with Crippen molar-refractivity contribution in [3.05, 3.63) is 70.7 Å². The van der Waals surface area contributed by atoms with Crippen LogP contribution in [0.1, 0.15) is 20.9 Å². The van der Waals surface area contributed by atoms with Crippen molar-refractivity contribution < 1.29 is 9.53 Å². The molecule has 1 amide bonds. The lowest BCUT2D eigenvalue weighted by Gasteiger charge is -2.36. The van der Waals surface area contributed by atoms with Gasteiger partial charge in [0.05, 0.1) is 23.4 Å². The van der Waals surface area contributed by atoms with Crippen LogP contribution in [0.4, 0.5) is 5.69 Å². The molecular formula is C25H26N4O2S. The Balaban J connectivity index is 1.34. The summed E-state index contributed by atoms with van der Waals surface area (Å²) < 4.78 is 7.22. The highest BCUT2D eigenvalue weighted by molar-refractivity contribution is 7.20. The van der Waals surface area contributed by atoms with Crippen molar-refractivity contribution in [3.8, 4) is 11.4 Å². The minimum atomic E-state index is 0.108. The predicted octanol–water partition coefficient (Wildman–Crippen LogP) is 4.67. The minimum Gasteiger partial charge on any atom is -0.497 e. The molecule has 32 heavy (non-hydrogen) atoms. The quantitative estimate of drug-likeness (QED) is 0.457. The lowest BCUT2D eigenvalue weighted by Crippen LogP contribution is -2.48. The van der Waals surface area contributed by atoms with Crippen LogP contribution in [0.3, 0.4) is 0 Å². The molecule has 4 aromatic rings. The number of fused-ring (bicyclic) bond motifs is 1. The van der Waals surface area contributed by atoms with Crippen LogP contribution >= 0.6 is 11.3 Å². The third kappa shape index (κ3) is 3.62. The molecule has 2 aromatic heterocycles. The Labute approximate surface area is 191 Å². The first-order chi connectivity index (χ1) is 15.5. The predicted molar refractivity (Wildman–Crippen MR) is 130 cm³/mol. The number of hydrogen-bond acceptors (Lipinski definition) is 5. The first kappa shape index (κ1) is 20.6. The number of thiophene rings is 1. The molecule has 1 fully saturated rings. The van der Waals surface area contributed by atoms with Gasteiger partial charge in [-0.3, -0.25) is 4.79 Å². The van der Waals surface area contributed by atoms with E-state index in [0.717, 1.165) is 56.6 Å². The number of aryl methyl sites for hydroxylation is 2. The van der Waals surface area contributed by atoms with Crippen molar-refractivity contribution in [1.82, 2.24) is 14.7 Å². The molecule has 6 nitrogen and oxygen atoms in total. The van der Waals surface area contributed by atoms with Crippen LogP contribution in [-0.4, -0.2) is 53.9 Å². The summed E-state index contributed by atoms with van der Waals surface area (Å²) in [6.45, 7) is 7.15. The van der Waals surface area contributed by atoms with E-state index in [4.69, 9.17) is 9.84 Å². The number of carbonyl (C=O) groups is 1. The molecule has 3 heterocycles. The maximum Gasteiger partial charge on any atom is 0.264 e. The highest BCUT2D eigenvalue weighted by atomic mass is 32.1. The first-order valence-corrected chi connectivity index (χ1v) is 11.6. The Morgan fingerprint density at radius 1 is 1.00 bits per heavy atom. The van der Waals surface area contributed by atoms with E-state index in [1.54, 1.807) is 7.11 Å². The van der Waals surface area contributed by atoms with Crippen LogP contribution in [0, 0.1) is 13.8 Å². The number of rotatable bonds is 4. The third-order valence-electron chi connectivity index (χ3n) is 6.10. The van der Waals surface area contributed by atoms with Crippen LogP contribution in [0.15, 0.2) is 54.6 Å². The second-order valence-corrected chi connectivity index (χ2v) is 9.12. The number of amides is 1. The maximum atomic E-state index is 13.3. The summed E-state index contributed by atoms with van der Waals surface area (Å²) in [5.74, 6) is 0.961. The molecule has 7 heteroatoms. The molecule has 0 radical (unpaired) electrons. The Morgan fingerprint density at radius 2 is 1.72 bits per heavy atom. The number of nitrogens with zero attached hydrogens (tertiary/aromatic N) is 4. The SMILES string of the molecule is COc1ccc(N2CCN(C(=O)c3cc4c(C)nn(-c5ccccc5C)c4s3)CC2)cc1. The molecule has 0 saturated carbocycles. The summed E-state index contributed by atoms with van der Waals surface area (Å²) in [6.07, 6.45) is 0. The van der Waals surface area contributed by atoms with Gasteiger partial charge in [-0.05, 0) is 55.8 Å². The third-order valence-corrected chi connectivity index (χ3v) is 7.20. The number of carbonyl (C=O) groups excluding carboxylic acids is 1. The molecule has 1 aliphatic rings. The maximum absolute atomic E-state index is 13.3. The zero-order valence-corrected chi connectivity index (χ0v) is 19.4. The van der Waals surface area contributed by atoms with Gasteiger partial charge in [-0.15, -0.1) is 11.3 Å². The van der Waals surface area contributed by atoms with Crippen molar-refractivity contribution >= 4 is 33.1 Å². The van der Waals surface area contributed by atoms with Crippen molar-refractivity contribution in [2.45, 2.75) is 13.8 Å². The zero-order valence-electron chi connectivity index (χ0n) is 18.5. The molecule has 1 saturated heterocycles. The number of piperazine rings is 1. The molecule has 1 aliphatic heterocycles. The van der Waals surface area contributed by atoms with E-state index in [2.05, 4.69) is 36.1 Å². The molecular weight excluding hydrogens is 420 g/mol. The summed E-state index contributed by atoms with van der Waals surface area (Å²) >= 11 is 1.53. The molecule has 0 atom stereocenters. The number of methoxy groups -OCH3 is 1. The van der Waals surface area contributed by atoms with E-state index < -0.39 is 0 Å². The van der Waals surface area contributed by atoms with Gasteiger partial charge in [-0.2, -0.15) is 5.10 Å². The number of benzene rings is 2. The van der Waals surface area contributed by atoms with Gasteiger partial charge < -0.3 is 14.5 Å². The van der Waals surface area contributed by atoms with Gasteiger partial charge in [0.25, 0.3) is 5.91 Å². The summed E-state index contributed by atoms with van der Waals surface area (Å²) in [7, 11) is 1.67. The van der Waals surface area contributed by atoms with Crippen molar-refractivity contribution in [2.75, 3.05) is 38.2 Å². The average molecular weight is 447 g/mol. The van der Waals surface area contributed by atoms with Gasteiger partial charge in [0, 0.05) is 37.3 Å². The van der Waals surface area contributed by atoms with Crippen LogP contribution in [0.2, 0.25) is 0 Å². The molecule has 2 aromatic carbocycles. The van der Waals surface area contributed by atoms with Crippen LogP contribution < -0.4 is 9.64 Å². The Hall–Kier alpha value is -3.32. The van der Waals surface area contributed by atoms with E-state index in [1.165, 1.54) is 11.3 Å². The molecule has 0 N–H and O–H groups in total. The Kier molecular flexibility index (Phi) is 5.35.